The first-order valence-electron chi connectivity index (χ1n) is 15.1. The predicted octanol–water partition coefficient (Wildman–Crippen LogP) is 12.6. The average Bonchev–Trinajstić information content (AvgIpc) is 3.56. The normalized spacial score (nSPS) is 11.9. The molecule has 0 fully saturated rings. The Balaban J connectivity index is 1.48. The Labute approximate surface area is 228 Å². The number of aryl methyl sites for hydroxylation is 2. The van der Waals surface area contributed by atoms with Crippen LogP contribution in [0.15, 0.2) is 35.0 Å². The molecule has 0 saturated carbocycles. The van der Waals surface area contributed by atoms with Gasteiger partial charge in [-0.05, 0) is 82.6 Å². The zero-order valence-electron chi connectivity index (χ0n) is 23.0. The number of thiophene rings is 2. The van der Waals surface area contributed by atoms with Crippen LogP contribution in [0.25, 0.3) is 30.9 Å². The van der Waals surface area contributed by atoms with Gasteiger partial charge in [-0.15, -0.1) is 22.7 Å². The Morgan fingerprint density at radius 2 is 0.833 bits per heavy atom. The molecule has 0 nitrogen and oxygen atoms in total. The van der Waals surface area contributed by atoms with Gasteiger partial charge in [-0.3, -0.25) is 0 Å². The molecule has 4 rings (SSSR count). The fourth-order valence-corrected chi connectivity index (χ4v) is 7.85. The summed E-state index contributed by atoms with van der Waals surface area (Å²) >= 11 is 3.90. The minimum absolute atomic E-state index is 1.23. The Hall–Kier alpha value is -1.38. The summed E-state index contributed by atoms with van der Waals surface area (Å²) in [6, 6.07) is 9.79. The van der Waals surface area contributed by atoms with Gasteiger partial charge in [0.1, 0.15) is 0 Å². The van der Waals surface area contributed by atoms with Crippen LogP contribution < -0.4 is 0 Å². The fraction of sp³-hybridized carbons (Fsp3) is 0.588. The molecule has 0 aliphatic rings. The van der Waals surface area contributed by atoms with Crippen molar-refractivity contribution in [3.63, 3.8) is 0 Å². The summed E-state index contributed by atoms with van der Waals surface area (Å²) < 4.78 is 3.05. The first kappa shape index (κ1) is 27.6. The molecule has 0 N–H and O–H groups in total. The van der Waals surface area contributed by atoms with Crippen molar-refractivity contribution in [2.24, 2.45) is 0 Å². The number of unbranched alkanes of at least 4 members (excludes halogenated alkanes) is 14. The molecule has 2 aromatic heterocycles. The van der Waals surface area contributed by atoms with Crippen molar-refractivity contribution in [2.45, 2.75) is 129 Å². The van der Waals surface area contributed by atoms with Gasteiger partial charge < -0.3 is 0 Å². The van der Waals surface area contributed by atoms with Crippen LogP contribution >= 0.6 is 22.7 Å². The molecule has 0 aliphatic heterocycles. The van der Waals surface area contributed by atoms with Crippen LogP contribution in [0.4, 0.5) is 0 Å². The lowest BCUT2D eigenvalue weighted by Gasteiger charge is -2.14. The first-order valence-corrected chi connectivity index (χ1v) is 16.9. The van der Waals surface area contributed by atoms with Crippen molar-refractivity contribution < 1.29 is 0 Å². The fourth-order valence-electron chi connectivity index (χ4n) is 5.92. The highest BCUT2D eigenvalue weighted by atomic mass is 32.1. The van der Waals surface area contributed by atoms with Crippen LogP contribution in [0.1, 0.15) is 128 Å². The molecular formula is C34H48S2. The van der Waals surface area contributed by atoms with Crippen molar-refractivity contribution in [1.82, 2.24) is 0 Å². The monoisotopic (exact) mass is 520 g/mol. The summed E-state index contributed by atoms with van der Waals surface area (Å²) in [7, 11) is 0. The number of hydrogen-bond donors (Lipinski definition) is 0. The van der Waals surface area contributed by atoms with E-state index in [1.54, 1.807) is 21.9 Å². The van der Waals surface area contributed by atoms with Gasteiger partial charge in [0.25, 0.3) is 0 Å². The maximum absolute atomic E-state index is 2.54. The van der Waals surface area contributed by atoms with Crippen LogP contribution in [0.5, 0.6) is 0 Å². The molecule has 0 unspecified atom stereocenters. The van der Waals surface area contributed by atoms with Gasteiger partial charge in [-0.1, -0.05) is 104 Å². The van der Waals surface area contributed by atoms with E-state index in [9.17, 15) is 0 Å². The third kappa shape index (κ3) is 7.35. The maximum atomic E-state index is 2.54. The van der Waals surface area contributed by atoms with Crippen molar-refractivity contribution >= 4 is 53.6 Å². The molecule has 0 atom stereocenters. The number of benzene rings is 2. The van der Waals surface area contributed by atoms with E-state index in [0.29, 0.717) is 0 Å². The summed E-state index contributed by atoms with van der Waals surface area (Å²) in [5.74, 6) is 0. The highest BCUT2D eigenvalue weighted by Crippen LogP contribution is 2.42. The molecule has 0 spiro atoms. The van der Waals surface area contributed by atoms with Crippen LogP contribution in [0, 0.1) is 0 Å². The van der Waals surface area contributed by atoms with E-state index in [1.165, 1.54) is 136 Å². The van der Waals surface area contributed by atoms with Gasteiger partial charge in [-0.25, -0.2) is 0 Å². The topological polar surface area (TPSA) is 0 Å². The van der Waals surface area contributed by atoms with Gasteiger partial charge >= 0.3 is 0 Å². The second-order valence-electron chi connectivity index (χ2n) is 10.9. The molecule has 2 heterocycles. The van der Waals surface area contributed by atoms with Crippen molar-refractivity contribution in [2.75, 3.05) is 0 Å². The minimum atomic E-state index is 1.23. The van der Waals surface area contributed by atoms with Gasteiger partial charge in [0.05, 0.1) is 0 Å². The zero-order valence-corrected chi connectivity index (χ0v) is 24.6. The third-order valence-electron chi connectivity index (χ3n) is 8.00. The smallest absolute Gasteiger partial charge is 0.0424 e. The van der Waals surface area contributed by atoms with Gasteiger partial charge in [0, 0.05) is 20.2 Å². The van der Waals surface area contributed by atoms with E-state index in [0.717, 1.165) is 0 Å². The van der Waals surface area contributed by atoms with Crippen molar-refractivity contribution in [1.29, 1.82) is 0 Å². The van der Waals surface area contributed by atoms with Crippen LogP contribution in [-0.4, -0.2) is 0 Å². The Morgan fingerprint density at radius 1 is 0.472 bits per heavy atom. The number of fused-ring (bicyclic) bond motifs is 5. The zero-order chi connectivity index (χ0) is 25.0. The van der Waals surface area contributed by atoms with Crippen LogP contribution in [-0.2, 0) is 12.8 Å². The molecule has 0 radical (unpaired) electrons. The SMILES string of the molecule is CCCCCCCCCCc1cc2ccsc2c2c(CCCCCCCCCC)cc3ccsc3c12. The third-order valence-corrected chi connectivity index (χ3v) is 9.89. The quantitative estimate of drug-likeness (QED) is 0.114. The van der Waals surface area contributed by atoms with Crippen molar-refractivity contribution in [3.8, 4) is 0 Å². The second kappa shape index (κ2) is 15.1. The van der Waals surface area contributed by atoms with E-state index in [-0.39, 0.29) is 0 Å². The second-order valence-corrected chi connectivity index (χ2v) is 12.8. The van der Waals surface area contributed by atoms with Gasteiger partial charge in [0.2, 0.25) is 0 Å². The molecule has 0 amide bonds. The minimum Gasteiger partial charge on any atom is -0.143 e. The molecule has 0 bridgehead atoms. The lowest BCUT2D eigenvalue weighted by Crippen LogP contribution is -1.94. The standard InChI is InChI=1S/C34H48S2/c1-3-5-7-9-11-13-15-17-19-27-25-29-21-23-36-34(29)32-28(20-18-16-14-12-10-8-6-4-2)26-30-22-24-35-33(30)31(27)32/h21-26H,3-20H2,1-2H3. The van der Waals surface area contributed by atoms with Crippen LogP contribution in [0.3, 0.4) is 0 Å². The van der Waals surface area contributed by atoms with E-state index >= 15 is 0 Å². The number of rotatable bonds is 18. The lowest BCUT2D eigenvalue weighted by atomic mass is 9.91. The molecule has 196 valence electrons. The van der Waals surface area contributed by atoms with Gasteiger partial charge in [-0.2, -0.15) is 0 Å². The first-order chi connectivity index (χ1) is 17.8. The van der Waals surface area contributed by atoms with E-state index in [2.05, 4.69) is 48.9 Å². The van der Waals surface area contributed by atoms with E-state index in [4.69, 9.17) is 0 Å². The summed E-state index contributed by atoms with van der Waals surface area (Å²) in [4.78, 5) is 0. The number of hydrogen-bond acceptors (Lipinski definition) is 2. The Kier molecular flexibility index (Phi) is 11.6. The molecule has 2 aromatic carbocycles. The largest absolute Gasteiger partial charge is 0.143 e. The summed E-state index contributed by atoms with van der Waals surface area (Å²) in [6.07, 6.45) is 24.7. The summed E-state index contributed by atoms with van der Waals surface area (Å²) in [5.41, 5.74) is 3.21. The predicted molar refractivity (Wildman–Crippen MR) is 167 cm³/mol. The maximum Gasteiger partial charge on any atom is 0.0424 e. The molecular weight excluding hydrogens is 473 g/mol. The Bertz CT molecular complexity index is 1080. The summed E-state index contributed by atoms with van der Waals surface area (Å²) in [5, 5.41) is 10.7. The van der Waals surface area contributed by atoms with Crippen molar-refractivity contribution in [3.05, 3.63) is 46.2 Å². The van der Waals surface area contributed by atoms with E-state index < -0.39 is 0 Å². The highest BCUT2D eigenvalue weighted by molar-refractivity contribution is 7.19. The van der Waals surface area contributed by atoms with E-state index in [1.807, 2.05) is 22.7 Å². The molecule has 2 heteroatoms. The van der Waals surface area contributed by atoms with Crippen LogP contribution in [0.2, 0.25) is 0 Å². The van der Waals surface area contributed by atoms with Gasteiger partial charge in [0.15, 0.2) is 0 Å². The molecule has 4 aromatic rings. The Morgan fingerprint density at radius 3 is 1.22 bits per heavy atom. The molecule has 36 heavy (non-hydrogen) atoms. The summed E-state index contributed by atoms with van der Waals surface area (Å²) in [6.45, 7) is 4.61. The molecule has 0 aliphatic carbocycles. The lowest BCUT2D eigenvalue weighted by molar-refractivity contribution is 0.575. The molecule has 0 saturated heterocycles. The highest BCUT2D eigenvalue weighted by Gasteiger charge is 2.16. The average molecular weight is 521 g/mol.